The molecule has 1 aliphatic rings. The number of carboxylic acids is 1. The van der Waals surface area contributed by atoms with Crippen LogP contribution < -0.4 is 0 Å². The Labute approximate surface area is 69.6 Å². The quantitative estimate of drug-likeness (QED) is 0.682. The van der Waals surface area contributed by atoms with Gasteiger partial charge in [0.05, 0.1) is 18.8 Å². The number of carboxylic acid groups (broad SMARTS) is 1. The summed E-state index contributed by atoms with van der Waals surface area (Å²) in [4.78, 5) is 10.6. The molecule has 1 aliphatic heterocycles. The van der Waals surface area contributed by atoms with Gasteiger partial charge in [0.15, 0.2) is 0 Å². The summed E-state index contributed by atoms with van der Waals surface area (Å²) in [5, 5.41) is 8.68. The van der Waals surface area contributed by atoms with Gasteiger partial charge in [-0.3, -0.25) is 0 Å². The Morgan fingerprint density at radius 1 is 1.33 bits per heavy atom. The van der Waals surface area contributed by atoms with Crippen LogP contribution in [-0.4, -0.2) is 11.1 Å². The maximum absolute atomic E-state index is 10.6. The number of ether oxygens (including phenoxy) is 1. The minimum Gasteiger partial charge on any atom is -0.478 e. The summed E-state index contributed by atoms with van der Waals surface area (Å²) >= 11 is 0. The largest absolute Gasteiger partial charge is 0.478 e. The monoisotopic (exact) mass is 164 g/mol. The second-order valence-electron chi connectivity index (χ2n) is 2.78. The predicted octanol–water partition coefficient (Wildman–Crippen LogP) is 1.42. The van der Waals surface area contributed by atoms with Gasteiger partial charge in [-0.2, -0.15) is 0 Å². The van der Waals surface area contributed by atoms with E-state index < -0.39 is 5.97 Å². The molecule has 2 rings (SSSR count). The minimum absolute atomic E-state index is 0.333. The lowest BCUT2D eigenvalue weighted by Gasteiger charge is -1.97. The molecule has 1 N–H and O–H groups in total. The molecule has 0 aliphatic carbocycles. The van der Waals surface area contributed by atoms with E-state index in [0.29, 0.717) is 18.8 Å². The Bertz CT molecular complexity index is 331. The molecule has 3 heteroatoms. The zero-order chi connectivity index (χ0) is 8.55. The lowest BCUT2D eigenvalue weighted by molar-refractivity contribution is 0.0696. The van der Waals surface area contributed by atoms with Crippen molar-refractivity contribution < 1.29 is 14.6 Å². The number of aromatic carboxylic acids is 1. The SMILES string of the molecule is O=C(O)c1ccc2c(c1)COC2. The van der Waals surface area contributed by atoms with Gasteiger partial charge in [-0.25, -0.2) is 4.79 Å². The zero-order valence-electron chi connectivity index (χ0n) is 6.41. The summed E-state index contributed by atoms with van der Waals surface area (Å²) in [6.45, 7) is 1.14. The van der Waals surface area contributed by atoms with Crippen LogP contribution in [-0.2, 0) is 18.0 Å². The number of hydrogen-bond donors (Lipinski definition) is 1. The number of benzene rings is 1. The van der Waals surface area contributed by atoms with E-state index in [0.717, 1.165) is 11.1 Å². The first-order valence-electron chi connectivity index (χ1n) is 3.70. The van der Waals surface area contributed by atoms with Gasteiger partial charge in [-0.1, -0.05) is 6.07 Å². The highest BCUT2D eigenvalue weighted by atomic mass is 16.5. The van der Waals surface area contributed by atoms with Gasteiger partial charge in [0, 0.05) is 0 Å². The van der Waals surface area contributed by atoms with Crippen molar-refractivity contribution in [2.45, 2.75) is 13.2 Å². The molecule has 1 aromatic rings. The van der Waals surface area contributed by atoms with Crippen LogP contribution in [0.15, 0.2) is 18.2 Å². The Hall–Kier alpha value is -1.35. The molecule has 0 unspecified atom stereocenters. The fourth-order valence-corrected chi connectivity index (χ4v) is 1.31. The summed E-state index contributed by atoms with van der Waals surface area (Å²) < 4.78 is 5.16. The first-order valence-corrected chi connectivity index (χ1v) is 3.70. The summed E-state index contributed by atoms with van der Waals surface area (Å²) in [5.74, 6) is -0.885. The molecule has 0 radical (unpaired) electrons. The predicted molar refractivity (Wildman–Crippen MR) is 41.9 cm³/mol. The fraction of sp³-hybridized carbons (Fsp3) is 0.222. The van der Waals surface area contributed by atoms with Crippen LogP contribution in [0.4, 0.5) is 0 Å². The normalized spacial score (nSPS) is 14.3. The zero-order valence-corrected chi connectivity index (χ0v) is 6.41. The van der Waals surface area contributed by atoms with E-state index in [4.69, 9.17) is 9.84 Å². The molecule has 3 nitrogen and oxygen atoms in total. The summed E-state index contributed by atoms with van der Waals surface area (Å²) in [5.41, 5.74) is 2.43. The van der Waals surface area contributed by atoms with Crippen LogP contribution in [0.3, 0.4) is 0 Å². The fourth-order valence-electron chi connectivity index (χ4n) is 1.31. The molecule has 12 heavy (non-hydrogen) atoms. The summed E-state index contributed by atoms with van der Waals surface area (Å²) in [6, 6.07) is 5.09. The van der Waals surface area contributed by atoms with E-state index in [2.05, 4.69) is 0 Å². The Balaban J connectivity index is 2.45. The van der Waals surface area contributed by atoms with E-state index in [-0.39, 0.29) is 0 Å². The molecule has 62 valence electrons. The average Bonchev–Trinajstić information content (AvgIpc) is 2.49. The molecule has 1 heterocycles. The van der Waals surface area contributed by atoms with Crippen molar-refractivity contribution in [1.29, 1.82) is 0 Å². The highest BCUT2D eigenvalue weighted by molar-refractivity contribution is 5.87. The van der Waals surface area contributed by atoms with Crippen LogP contribution >= 0.6 is 0 Å². The molecule has 0 spiro atoms. The lowest BCUT2D eigenvalue weighted by atomic mass is 10.1. The maximum Gasteiger partial charge on any atom is 0.335 e. The Morgan fingerprint density at radius 3 is 2.83 bits per heavy atom. The molecule has 0 amide bonds. The molecule has 0 saturated heterocycles. The smallest absolute Gasteiger partial charge is 0.335 e. The van der Waals surface area contributed by atoms with Crippen molar-refractivity contribution in [3.05, 3.63) is 34.9 Å². The minimum atomic E-state index is -0.885. The third-order valence-electron chi connectivity index (χ3n) is 1.97. The highest BCUT2D eigenvalue weighted by Gasteiger charge is 2.13. The number of fused-ring (bicyclic) bond motifs is 1. The van der Waals surface area contributed by atoms with Crippen molar-refractivity contribution >= 4 is 5.97 Å². The van der Waals surface area contributed by atoms with E-state index in [9.17, 15) is 4.79 Å². The number of carbonyl (C=O) groups is 1. The van der Waals surface area contributed by atoms with E-state index in [1.54, 1.807) is 12.1 Å². The van der Waals surface area contributed by atoms with Gasteiger partial charge in [0.2, 0.25) is 0 Å². The second kappa shape index (κ2) is 2.60. The van der Waals surface area contributed by atoms with Gasteiger partial charge in [0.25, 0.3) is 0 Å². The van der Waals surface area contributed by atoms with Gasteiger partial charge < -0.3 is 9.84 Å². The highest BCUT2D eigenvalue weighted by Crippen LogP contribution is 2.20. The van der Waals surface area contributed by atoms with E-state index in [1.165, 1.54) is 0 Å². The topological polar surface area (TPSA) is 46.5 Å². The first-order chi connectivity index (χ1) is 5.77. The van der Waals surface area contributed by atoms with Crippen LogP contribution in [0.2, 0.25) is 0 Å². The summed E-state index contributed by atoms with van der Waals surface area (Å²) in [7, 11) is 0. The van der Waals surface area contributed by atoms with Crippen LogP contribution in [0.25, 0.3) is 0 Å². The van der Waals surface area contributed by atoms with Gasteiger partial charge in [-0.15, -0.1) is 0 Å². The molecule has 0 fully saturated rings. The van der Waals surface area contributed by atoms with E-state index in [1.807, 2.05) is 6.07 Å². The van der Waals surface area contributed by atoms with E-state index >= 15 is 0 Å². The second-order valence-corrected chi connectivity index (χ2v) is 2.78. The first kappa shape index (κ1) is 7.31. The molecule has 1 aromatic carbocycles. The molecule has 0 bridgehead atoms. The van der Waals surface area contributed by atoms with Gasteiger partial charge in [0.1, 0.15) is 0 Å². The third-order valence-corrected chi connectivity index (χ3v) is 1.97. The van der Waals surface area contributed by atoms with Crippen LogP contribution in [0, 0.1) is 0 Å². The van der Waals surface area contributed by atoms with Crippen molar-refractivity contribution in [1.82, 2.24) is 0 Å². The number of hydrogen-bond acceptors (Lipinski definition) is 2. The van der Waals surface area contributed by atoms with Crippen molar-refractivity contribution in [3.63, 3.8) is 0 Å². The molecular weight excluding hydrogens is 156 g/mol. The van der Waals surface area contributed by atoms with Crippen molar-refractivity contribution in [2.24, 2.45) is 0 Å². The molecule has 0 aromatic heterocycles. The summed E-state index contributed by atoms with van der Waals surface area (Å²) in [6.07, 6.45) is 0. The molecule has 0 saturated carbocycles. The van der Waals surface area contributed by atoms with Crippen LogP contribution in [0.1, 0.15) is 21.5 Å². The Kier molecular flexibility index (Phi) is 1.59. The third kappa shape index (κ3) is 1.08. The van der Waals surface area contributed by atoms with Gasteiger partial charge >= 0.3 is 5.97 Å². The van der Waals surface area contributed by atoms with Gasteiger partial charge in [-0.05, 0) is 23.3 Å². The van der Waals surface area contributed by atoms with Crippen LogP contribution in [0.5, 0.6) is 0 Å². The van der Waals surface area contributed by atoms with Crippen molar-refractivity contribution in [3.8, 4) is 0 Å². The average molecular weight is 164 g/mol. The Morgan fingerprint density at radius 2 is 2.08 bits per heavy atom. The molecular formula is C9H8O3. The molecule has 0 atom stereocenters. The lowest BCUT2D eigenvalue weighted by Crippen LogP contribution is -1.97. The number of rotatable bonds is 1. The van der Waals surface area contributed by atoms with Crippen molar-refractivity contribution in [2.75, 3.05) is 0 Å². The standard InChI is InChI=1S/C9H8O3/c10-9(11)6-1-2-7-4-12-5-8(7)3-6/h1-3H,4-5H2,(H,10,11). The maximum atomic E-state index is 10.6.